The van der Waals surface area contributed by atoms with Gasteiger partial charge in [0.1, 0.15) is 24.0 Å². The predicted molar refractivity (Wildman–Crippen MR) is 78.7 cm³/mol. The molecule has 1 heterocycles. The topological polar surface area (TPSA) is 87.0 Å². The molecule has 0 aliphatic carbocycles. The number of aryl methyl sites for hydroxylation is 1. The number of aliphatic hydroxyl groups is 2. The van der Waals surface area contributed by atoms with E-state index in [1.165, 1.54) is 18.2 Å². The zero-order chi connectivity index (χ0) is 15.9. The molecule has 0 saturated carbocycles. The maximum Gasteiger partial charge on any atom is 0.203 e. The van der Waals surface area contributed by atoms with Crippen LogP contribution in [0.4, 0.5) is 0 Å². The van der Waals surface area contributed by atoms with Gasteiger partial charge in [0.2, 0.25) is 5.79 Å². The molecule has 1 aliphatic heterocycles. The molecule has 22 heavy (non-hydrogen) atoms. The summed E-state index contributed by atoms with van der Waals surface area (Å²) < 4.78 is 5.49. The van der Waals surface area contributed by atoms with E-state index in [2.05, 4.69) is 0 Å². The number of phenolic OH excluding ortho intramolecular Hbond substituents is 1. The van der Waals surface area contributed by atoms with Crippen molar-refractivity contribution in [2.24, 2.45) is 5.92 Å². The monoisotopic (exact) mass is 300 g/mol. The number of fused-ring (bicyclic) bond motifs is 1. The van der Waals surface area contributed by atoms with Gasteiger partial charge < -0.3 is 20.1 Å². The summed E-state index contributed by atoms with van der Waals surface area (Å²) in [5.41, 5.74) is 0.992. The highest BCUT2D eigenvalue weighted by Crippen LogP contribution is 2.37. The molecule has 0 aromatic heterocycles. The summed E-state index contributed by atoms with van der Waals surface area (Å²) in [5.74, 6) is -3.41. The minimum Gasteiger partial charge on any atom is -0.508 e. The van der Waals surface area contributed by atoms with Crippen LogP contribution >= 0.6 is 0 Å². The Bertz CT molecular complexity index is 736. The van der Waals surface area contributed by atoms with Crippen molar-refractivity contribution in [3.05, 3.63) is 59.2 Å². The molecular weight excluding hydrogens is 284 g/mol. The number of hydrogen-bond donors (Lipinski definition) is 3. The van der Waals surface area contributed by atoms with Crippen molar-refractivity contribution in [1.82, 2.24) is 0 Å². The minimum atomic E-state index is -2.37. The first-order valence-corrected chi connectivity index (χ1v) is 6.92. The number of benzene rings is 2. The SMILES string of the molecule is Cc1cc(O)ccc1C(O)(O)C1COc2ccccc2C1=O. The smallest absolute Gasteiger partial charge is 0.203 e. The molecular formula is C17H16O5. The van der Waals surface area contributed by atoms with E-state index in [1.54, 1.807) is 31.2 Å². The van der Waals surface area contributed by atoms with E-state index in [0.717, 1.165) is 0 Å². The molecule has 0 bridgehead atoms. The lowest BCUT2D eigenvalue weighted by Gasteiger charge is -2.34. The molecule has 0 amide bonds. The standard InChI is InChI=1S/C17H16O5/c1-10-8-11(18)6-7-13(10)17(20,21)14-9-22-15-5-3-2-4-12(15)16(14)19/h2-8,14,18,20-21H,9H2,1H3. The van der Waals surface area contributed by atoms with E-state index in [9.17, 15) is 20.1 Å². The number of para-hydroxylation sites is 1. The second kappa shape index (κ2) is 5.12. The Balaban J connectivity index is 2.01. The van der Waals surface area contributed by atoms with Crippen LogP contribution in [0.15, 0.2) is 42.5 Å². The van der Waals surface area contributed by atoms with E-state index in [1.807, 2.05) is 0 Å². The summed E-state index contributed by atoms with van der Waals surface area (Å²) in [7, 11) is 0. The van der Waals surface area contributed by atoms with E-state index in [4.69, 9.17) is 4.74 Å². The van der Waals surface area contributed by atoms with Crippen LogP contribution < -0.4 is 4.74 Å². The Labute approximate surface area is 127 Å². The van der Waals surface area contributed by atoms with Crippen molar-refractivity contribution in [2.75, 3.05) is 6.61 Å². The van der Waals surface area contributed by atoms with Gasteiger partial charge in [0.25, 0.3) is 0 Å². The van der Waals surface area contributed by atoms with Crippen LogP contribution in [-0.4, -0.2) is 27.7 Å². The summed E-state index contributed by atoms with van der Waals surface area (Å²) >= 11 is 0. The number of hydrogen-bond acceptors (Lipinski definition) is 5. The second-order valence-electron chi connectivity index (χ2n) is 5.45. The lowest BCUT2D eigenvalue weighted by Crippen LogP contribution is -2.45. The largest absolute Gasteiger partial charge is 0.508 e. The van der Waals surface area contributed by atoms with E-state index in [0.29, 0.717) is 16.9 Å². The number of carbonyl (C=O) groups excluding carboxylic acids is 1. The summed E-state index contributed by atoms with van der Waals surface area (Å²) in [4.78, 5) is 12.6. The van der Waals surface area contributed by atoms with Gasteiger partial charge in [0.15, 0.2) is 5.78 Å². The second-order valence-corrected chi connectivity index (χ2v) is 5.45. The number of ketones is 1. The van der Waals surface area contributed by atoms with Crippen molar-refractivity contribution < 1.29 is 24.9 Å². The third-order valence-electron chi connectivity index (χ3n) is 3.97. The summed E-state index contributed by atoms with van der Waals surface area (Å²) in [6.45, 7) is 1.52. The van der Waals surface area contributed by atoms with Crippen LogP contribution in [-0.2, 0) is 5.79 Å². The van der Waals surface area contributed by atoms with Crippen molar-refractivity contribution in [3.8, 4) is 11.5 Å². The van der Waals surface area contributed by atoms with Crippen molar-refractivity contribution >= 4 is 5.78 Å². The van der Waals surface area contributed by atoms with Crippen LogP contribution in [0.3, 0.4) is 0 Å². The van der Waals surface area contributed by atoms with Gasteiger partial charge in [-0.05, 0) is 42.8 Å². The van der Waals surface area contributed by atoms with Crippen LogP contribution in [0.5, 0.6) is 11.5 Å². The predicted octanol–water partition coefficient (Wildman–Crippen LogP) is 1.73. The average molecular weight is 300 g/mol. The molecule has 2 aromatic carbocycles. The average Bonchev–Trinajstić information content (AvgIpc) is 2.47. The molecule has 2 aromatic rings. The first-order chi connectivity index (χ1) is 10.4. The Kier molecular flexibility index (Phi) is 3.39. The zero-order valence-corrected chi connectivity index (χ0v) is 12.0. The highest BCUT2D eigenvalue weighted by molar-refractivity contribution is 6.01. The number of carbonyl (C=O) groups is 1. The van der Waals surface area contributed by atoms with Gasteiger partial charge in [-0.15, -0.1) is 0 Å². The molecule has 5 heteroatoms. The molecule has 0 radical (unpaired) electrons. The maximum atomic E-state index is 12.6. The number of aromatic hydroxyl groups is 1. The molecule has 3 N–H and O–H groups in total. The van der Waals surface area contributed by atoms with E-state index >= 15 is 0 Å². The Morgan fingerprint density at radius 1 is 1.18 bits per heavy atom. The van der Waals surface area contributed by atoms with Gasteiger partial charge in [-0.25, -0.2) is 0 Å². The van der Waals surface area contributed by atoms with Gasteiger partial charge in [0.05, 0.1) is 5.56 Å². The van der Waals surface area contributed by atoms with Gasteiger partial charge in [0, 0.05) is 5.56 Å². The normalized spacial score (nSPS) is 17.8. The molecule has 1 aliphatic rings. The lowest BCUT2D eigenvalue weighted by atomic mass is 9.83. The molecule has 114 valence electrons. The number of rotatable bonds is 2. The van der Waals surface area contributed by atoms with E-state index in [-0.39, 0.29) is 23.7 Å². The van der Waals surface area contributed by atoms with Crippen molar-refractivity contribution in [2.45, 2.75) is 12.7 Å². The van der Waals surface area contributed by atoms with Gasteiger partial charge >= 0.3 is 0 Å². The van der Waals surface area contributed by atoms with Crippen LogP contribution in [0.25, 0.3) is 0 Å². The quantitative estimate of drug-likeness (QED) is 0.735. The summed E-state index contributed by atoms with van der Waals surface area (Å²) in [6, 6.07) is 10.9. The fourth-order valence-electron chi connectivity index (χ4n) is 2.78. The Hall–Kier alpha value is -2.37. The molecule has 0 fully saturated rings. The summed E-state index contributed by atoms with van der Waals surface area (Å²) in [5, 5.41) is 30.5. The molecule has 0 spiro atoms. The Morgan fingerprint density at radius 2 is 1.91 bits per heavy atom. The maximum absolute atomic E-state index is 12.6. The molecule has 5 nitrogen and oxygen atoms in total. The van der Waals surface area contributed by atoms with Crippen LogP contribution in [0.2, 0.25) is 0 Å². The van der Waals surface area contributed by atoms with Gasteiger partial charge in [-0.1, -0.05) is 12.1 Å². The zero-order valence-electron chi connectivity index (χ0n) is 12.0. The van der Waals surface area contributed by atoms with Gasteiger partial charge in [-0.3, -0.25) is 4.79 Å². The van der Waals surface area contributed by atoms with Crippen molar-refractivity contribution in [3.63, 3.8) is 0 Å². The first kappa shape index (κ1) is 14.6. The Morgan fingerprint density at radius 3 is 2.64 bits per heavy atom. The van der Waals surface area contributed by atoms with Crippen LogP contribution in [0, 0.1) is 12.8 Å². The number of phenols is 1. The first-order valence-electron chi connectivity index (χ1n) is 6.92. The van der Waals surface area contributed by atoms with Gasteiger partial charge in [-0.2, -0.15) is 0 Å². The summed E-state index contributed by atoms with van der Waals surface area (Å²) in [6.07, 6.45) is 0. The van der Waals surface area contributed by atoms with Crippen molar-refractivity contribution in [1.29, 1.82) is 0 Å². The number of ether oxygens (including phenoxy) is 1. The molecule has 0 saturated heterocycles. The molecule has 3 rings (SSSR count). The fourth-order valence-corrected chi connectivity index (χ4v) is 2.78. The van der Waals surface area contributed by atoms with Crippen LogP contribution in [0.1, 0.15) is 21.5 Å². The fraction of sp³-hybridized carbons (Fsp3) is 0.235. The third kappa shape index (κ3) is 2.24. The molecule has 1 unspecified atom stereocenters. The molecule has 1 atom stereocenters. The number of Topliss-reactive ketones (excluding diaryl/α,β-unsaturated/α-hetero) is 1. The highest BCUT2D eigenvalue weighted by atomic mass is 16.5. The lowest BCUT2D eigenvalue weighted by molar-refractivity contribution is -0.203. The highest BCUT2D eigenvalue weighted by Gasteiger charge is 2.45. The third-order valence-corrected chi connectivity index (χ3v) is 3.97. The minimum absolute atomic E-state index is 0.0219. The van der Waals surface area contributed by atoms with E-state index < -0.39 is 11.7 Å².